The van der Waals surface area contributed by atoms with Crippen LogP contribution in [0, 0.1) is 5.92 Å². The van der Waals surface area contributed by atoms with E-state index in [9.17, 15) is 0 Å². The fraction of sp³-hybridized carbons (Fsp3) is 0.308. The van der Waals surface area contributed by atoms with Crippen LogP contribution in [-0.4, -0.2) is 11.8 Å². The summed E-state index contributed by atoms with van der Waals surface area (Å²) in [4.78, 5) is 4.66. The van der Waals surface area contributed by atoms with E-state index in [1.807, 2.05) is 12.1 Å². The van der Waals surface area contributed by atoms with Crippen LogP contribution in [0.2, 0.25) is 0 Å². The average molecular weight is 185 g/mol. The minimum Gasteiger partial charge on any atom is -0.281 e. The van der Waals surface area contributed by atoms with Gasteiger partial charge < -0.3 is 0 Å². The Bertz CT molecular complexity index is 351. The van der Waals surface area contributed by atoms with Gasteiger partial charge in [-0.25, -0.2) is 0 Å². The second-order valence-corrected chi connectivity index (χ2v) is 3.82. The Labute approximate surface area is 85.2 Å². The Balaban J connectivity index is 2.31. The third-order valence-electron chi connectivity index (χ3n) is 2.71. The molecule has 0 spiro atoms. The maximum Gasteiger partial charge on any atom is 0.0687 e. The maximum atomic E-state index is 4.66. The molecule has 0 aliphatic carbocycles. The van der Waals surface area contributed by atoms with Crippen molar-refractivity contribution in [3.8, 4) is 0 Å². The molecule has 1 aliphatic rings. The molecule has 0 amide bonds. The summed E-state index contributed by atoms with van der Waals surface area (Å²) in [7, 11) is 0. The van der Waals surface area contributed by atoms with Crippen molar-refractivity contribution >= 4 is 5.71 Å². The van der Waals surface area contributed by atoms with Crippen LogP contribution in [0.4, 0.5) is 0 Å². The quantitative estimate of drug-likeness (QED) is 0.628. The fourth-order valence-electron chi connectivity index (χ4n) is 1.95. The van der Waals surface area contributed by atoms with E-state index >= 15 is 0 Å². The summed E-state index contributed by atoms with van der Waals surface area (Å²) in [5, 5.41) is 0. The fourth-order valence-corrected chi connectivity index (χ4v) is 1.95. The van der Waals surface area contributed by atoms with Gasteiger partial charge in [0.1, 0.15) is 0 Å². The molecule has 72 valence electrons. The SMILES string of the molecule is C=CC1CC(C)C(c2ccccc2)=N1. The van der Waals surface area contributed by atoms with Crippen LogP contribution in [0.25, 0.3) is 0 Å². The Morgan fingerprint density at radius 2 is 2.07 bits per heavy atom. The lowest BCUT2D eigenvalue weighted by Gasteiger charge is -2.05. The molecule has 1 aromatic rings. The van der Waals surface area contributed by atoms with Gasteiger partial charge in [-0.15, -0.1) is 6.58 Å². The van der Waals surface area contributed by atoms with Gasteiger partial charge in [0, 0.05) is 11.6 Å². The van der Waals surface area contributed by atoms with Crippen LogP contribution in [-0.2, 0) is 0 Å². The van der Waals surface area contributed by atoms with Gasteiger partial charge in [-0.2, -0.15) is 0 Å². The molecule has 14 heavy (non-hydrogen) atoms. The van der Waals surface area contributed by atoms with Crippen LogP contribution in [0.3, 0.4) is 0 Å². The molecule has 1 nitrogen and oxygen atoms in total. The number of nitrogens with zero attached hydrogens (tertiary/aromatic N) is 1. The predicted octanol–water partition coefficient (Wildman–Crippen LogP) is 3.07. The first-order valence-electron chi connectivity index (χ1n) is 5.07. The third kappa shape index (κ3) is 1.63. The lowest BCUT2D eigenvalue weighted by atomic mass is 9.97. The lowest BCUT2D eigenvalue weighted by molar-refractivity contribution is 0.682. The molecule has 2 rings (SSSR count). The van der Waals surface area contributed by atoms with E-state index in [0.29, 0.717) is 12.0 Å². The summed E-state index contributed by atoms with van der Waals surface area (Å²) in [6, 6.07) is 10.7. The van der Waals surface area contributed by atoms with Crippen molar-refractivity contribution in [3.05, 3.63) is 48.6 Å². The Hall–Kier alpha value is -1.37. The minimum absolute atomic E-state index is 0.320. The van der Waals surface area contributed by atoms with Gasteiger partial charge in [-0.1, -0.05) is 43.3 Å². The molecule has 1 aromatic carbocycles. The van der Waals surface area contributed by atoms with Crippen molar-refractivity contribution in [3.63, 3.8) is 0 Å². The van der Waals surface area contributed by atoms with Gasteiger partial charge >= 0.3 is 0 Å². The van der Waals surface area contributed by atoms with E-state index in [1.54, 1.807) is 0 Å². The van der Waals surface area contributed by atoms with E-state index in [0.717, 1.165) is 6.42 Å². The number of aliphatic imine (C=N–C) groups is 1. The molecule has 0 fully saturated rings. The summed E-state index contributed by atoms with van der Waals surface area (Å²) in [6.45, 7) is 6.03. The number of hydrogen-bond donors (Lipinski definition) is 0. The molecule has 1 heteroatoms. The molecule has 2 unspecified atom stereocenters. The van der Waals surface area contributed by atoms with Crippen LogP contribution in [0.5, 0.6) is 0 Å². The lowest BCUT2D eigenvalue weighted by Crippen LogP contribution is -2.06. The summed E-state index contributed by atoms with van der Waals surface area (Å²) >= 11 is 0. The summed E-state index contributed by atoms with van der Waals surface area (Å²) in [5.41, 5.74) is 2.49. The molecule has 0 N–H and O–H groups in total. The topological polar surface area (TPSA) is 12.4 Å². The van der Waals surface area contributed by atoms with Gasteiger partial charge in [0.2, 0.25) is 0 Å². The van der Waals surface area contributed by atoms with Gasteiger partial charge in [0.25, 0.3) is 0 Å². The van der Waals surface area contributed by atoms with Gasteiger partial charge in [-0.3, -0.25) is 4.99 Å². The highest BCUT2D eigenvalue weighted by Crippen LogP contribution is 2.24. The van der Waals surface area contributed by atoms with Crippen LogP contribution in [0.15, 0.2) is 48.0 Å². The second-order valence-electron chi connectivity index (χ2n) is 3.82. The second kappa shape index (κ2) is 3.79. The van der Waals surface area contributed by atoms with Crippen LogP contribution < -0.4 is 0 Å². The number of benzene rings is 1. The number of hydrogen-bond acceptors (Lipinski definition) is 1. The van der Waals surface area contributed by atoms with Gasteiger partial charge in [0.05, 0.1) is 6.04 Å². The van der Waals surface area contributed by atoms with Crippen molar-refractivity contribution in [2.45, 2.75) is 19.4 Å². The molecule has 0 aromatic heterocycles. The summed E-state index contributed by atoms with van der Waals surface area (Å²) in [5.74, 6) is 0.556. The first-order chi connectivity index (χ1) is 6.81. The Morgan fingerprint density at radius 1 is 1.36 bits per heavy atom. The highest BCUT2D eigenvalue weighted by molar-refractivity contribution is 6.03. The van der Waals surface area contributed by atoms with Crippen molar-refractivity contribution in [1.29, 1.82) is 0 Å². The number of rotatable bonds is 2. The molecule has 0 radical (unpaired) electrons. The molecule has 0 bridgehead atoms. The average Bonchev–Trinajstić information content (AvgIpc) is 2.61. The molecule has 0 saturated carbocycles. The standard InChI is InChI=1S/C13H15N/c1-3-12-9-10(2)13(14-12)11-7-5-4-6-8-11/h3-8,10,12H,1,9H2,2H3. The summed E-state index contributed by atoms with van der Waals surface area (Å²) < 4.78 is 0. The van der Waals surface area contributed by atoms with Crippen molar-refractivity contribution in [2.75, 3.05) is 0 Å². The van der Waals surface area contributed by atoms with E-state index in [-0.39, 0.29) is 0 Å². The third-order valence-corrected chi connectivity index (χ3v) is 2.71. The van der Waals surface area contributed by atoms with Crippen LogP contribution >= 0.6 is 0 Å². The van der Waals surface area contributed by atoms with Crippen LogP contribution in [0.1, 0.15) is 18.9 Å². The zero-order chi connectivity index (χ0) is 9.97. The maximum absolute atomic E-state index is 4.66. The predicted molar refractivity (Wildman–Crippen MR) is 60.7 cm³/mol. The van der Waals surface area contributed by atoms with Crippen molar-refractivity contribution in [2.24, 2.45) is 10.9 Å². The first kappa shape index (κ1) is 9.20. The zero-order valence-corrected chi connectivity index (χ0v) is 8.48. The Morgan fingerprint density at radius 3 is 2.64 bits per heavy atom. The zero-order valence-electron chi connectivity index (χ0n) is 8.48. The van der Waals surface area contributed by atoms with E-state index < -0.39 is 0 Å². The molecule has 1 heterocycles. The van der Waals surface area contributed by atoms with E-state index in [2.05, 4.69) is 42.8 Å². The van der Waals surface area contributed by atoms with E-state index in [4.69, 9.17) is 0 Å². The van der Waals surface area contributed by atoms with Crippen molar-refractivity contribution < 1.29 is 0 Å². The molecular weight excluding hydrogens is 170 g/mol. The molecule has 2 atom stereocenters. The van der Waals surface area contributed by atoms with E-state index in [1.165, 1.54) is 11.3 Å². The molecule has 1 aliphatic heterocycles. The largest absolute Gasteiger partial charge is 0.281 e. The Kier molecular flexibility index (Phi) is 2.49. The smallest absolute Gasteiger partial charge is 0.0687 e. The van der Waals surface area contributed by atoms with Gasteiger partial charge in [0.15, 0.2) is 0 Å². The first-order valence-corrected chi connectivity index (χ1v) is 5.07. The minimum atomic E-state index is 0.320. The van der Waals surface area contributed by atoms with Crippen molar-refractivity contribution in [1.82, 2.24) is 0 Å². The normalized spacial score (nSPS) is 25.9. The monoisotopic (exact) mass is 185 g/mol. The molecule has 0 saturated heterocycles. The summed E-state index contributed by atoms with van der Waals surface area (Å²) in [6.07, 6.45) is 3.04. The van der Waals surface area contributed by atoms with Gasteiger partial charge in [-0.05, 0) is 12.0 Å². The highest BCUT2D eigenvalue weighted by Gasteiger charge is 2.23. The highest BCUT2D eigenvalue weighted by atomic mass is 14.8. The molecular formula is C13H15N.